The molecule has 126 valence electrons. The van der Waals surface area contributed by atoms with Gasteiger partial charge in [0.25, 0.3) is 0 Å². The number of rotatable bonds is 7. The number of hydrogen-bond donors (Lipinski definition) is 0. The summed E-state index contributed by atoms with van der Waals surface area (Å²) in [5, 5.41) is 0. The predicted octanol–water partition coefficient (Wildman–Crippen LogP) is 7.31. The van der Waals surface area contributed by atoms with E-state index < -0.39 is 0 Å². The van der Waals surface area contributed by atoms with Gasteiger partial charge in [-0.15, -0.1) is 0 Å². The molecule has 2 aliphatic carbocycles. The van der Waals surface area contributed by atoms with Gasteiger partial charge in [0.2, 0.25) is 0 Å². The van der Waals surface area contributed by atoms with E-state index in [0.717, 1.165) is 23.7 Å². The molecule has 0 amide bonds. The molecule has 0 atom stereocenters. The fourth-order valence-corrected chi connectivity index (χ4v) is 4.40. The predicted molar refractivity (Wildman–Crippen MR) is 99.0 cm³/mol. The van der Waals surface area contributed by atoms with Crippen LogP contribution in [0.2, 0.25) is 0 Å². The fraction of sp³-hybridized carbons (Fsp3) is 0.818. The molecule has 0 bridgehead atoms. The second-order valence-corrected chi connectivity index (χ2v) is 7.86. The summed E-state index contributed by atoms with van der Waals surface area (Å²) in [6.07, 6.45) is 26.8. The van der Waals surface area contributed by atoms with Crippen LogP contribution in [0.15, 0.2) is 24.3 Å². The monoisotopic (exact) mass is 302 g/mol. The second-order valence-electron chi connectivity index (χ2n) is 7.86. The lowest BCUT2D eigenvalue weighted by Crippen LogP contribution is -2.13. The maximum atomic E-state index is 2.51. The smallest absolute Gasteiger partial charge is 0.0233 e. The summed E-state index contributed by atoms with van der Waals surface area (Å²) in [6.45, 7) is 4.60. The zero-order valence-electron chi connectivity index (χ0n) is 15.1. The SMILES string of the molecule is CC/C=C/[C@H]1CC[C@H](C/C=C\C[C@H]2CC[C@H](CC)CC2)CC1. The van der Waals surface area contributed by atoms with Crippen molar-refractivity contribution in [1.29, 1.82) is 0 Å². The van der Waals surface area contributed by atoms with Crippen molar-refractivity contribution < 1.29 is 0 Å². The summed E-state index contributed by atoms with van der Waals surface area (Å²) in [7, 11) is 0. The third-order valence-corrected chi connectivity index (χ3v) is 6.18. The summed E-state index contributed by atoms with van der Waals surface area (Å²) in [4.78, 5) is 0. The first-order chi connectivity index (χ1) is 10.8. The van der Waals surface area contributed by atoms with Gasteiger partial charge in [-0.05, 0) is 81.5 Å². The number of allylic oxidation sites excluding steroid dienone is 4. The minimum Gasteiger partial charge on any atom is -0.0885 e. The maximum Gasteiger partial charge on any atom is -0.0233 e. The van der Waals surface area contributed by atoms with Crippen molar-refractivity contribution in [3.63, 3.8) is 0 Å². The molecule has 2 fully saturated rings. The van der Waals surface area contributed by atoms with Crippen LogP contribution in [0.3, 0.4) is 0 Å². The molecule has 0 aromatic rings. The highest BCUT2D eigenvalue weighted by Crippen LogP contribution is 2.34. The Kier molecular flexibility index (Phi) is 8.34. The first kappa shape index (κ1) is 17.8. The molecule has 0 unspecified atom stereocenters. The summed E-state index contributed by atoms with van der Waals surface area (Å²) >= 11 is 0. The van der Waals surface area contributed by atoms with E-state index in [4.69, 9.17) is 0 Å². The Labute approximate surface area is 139 Å². The zero-order valence-corrected chi connectivity index (χ0v) is 15.1. The van der Waals surface area contributed by atoms with Crippen LogP contribution in [-0.4, -0.2) is 0 Å². The molecule has 0 aromatic carbocycles. The van der Waals surface area contributed by atoms with E-state index in [0.29, 0.717) is 0 Å². The van der Waals surface area contributed by atoms with Crippen molar-refractivity contribution in [2.24, 2.45) is 23.7 Å². The van der Waals surface area contributed by atoms with E-state index in [-0.39, 0.29) is 0 Å². The lowest BCUT2D eigenvalue weighted by atomic mass is 9.79. The van der Waals surface area contributed by atoms with E-state index in [1.165, 1.54) is 77.0 Å². The van der Waals surface area contributed by atoms with Gasteiger partial charge in [-0.3, -0.25) is 0 Å². The summed E-state index contributed by atoms with van der Waals surface area (Å²) in [6, 6.07) is 0. The van der Waals surface area contributed by atoms with E-state index >= 15 is 0 Å². The highest BCUT2D eigenvalue weighted by atomic mass is 14.3. The molecule has 2 aliphatic rings. The van der Waals surface area contributed by atoms with Crippen molar-refractivity contribution in [3.05, 3.63) is 24.3 Å². The zero-order chi connectivity index (χ0) is 15.6. The molecule has 0 radical (unpaired) electrons. The highest BCUT2D eigenvalue weighted by Gasteiger charge is 2.19. The standard InChI is InChI=1S/C22H38/c1-3-5-8-20-15-17-22(18-16-20)10-7-6-9-21-13-11-19(4-2)12-14-21/h5-8,19-22H,3-4,9-18H2,1-2H3/b7-6-,8-5+/t19-,20-,21-,22-. The topological polar surface area (TPSA) is 0 Å². The summed E-state index contributed by atoms with van der Waals surface area (Å²) in [5.74, 6) is 3.89. The Morgan fingerprint density at radius 3 is 1.64 bits per heavy atom. The molecular weight excluding hydrogens is 264 g/mol. The van der Waals surface area contributed by atoms with E-state index in [9.17, 15) is 0 Å². The molecular formula is C22H38. The van der Waals surface area contributed by atoms with Crippen LogP contribution in [0.1, 0.15) is 90.9 Å². The van der Waals surface area contributed by atoms with E-state index in [2.05, 4.69) is 38.2 Å². The Hall–Kier alpha value is -0.520. The van der Waals surface area contributed by atoms with E-state index in [1.807, 2.05) is 0 Å². The average molecular weight is 303 g/mol. The Morgan fingerprint density at radius 1 is 0.636 bits per heavy atom. The van der Waals surface area contributed by atoms with Crippen molar-refractivity contribution in [1.82, 2.24) is 0 Å². The summed E-state index contributed by atoms with van der Waals surface area (Å²) < 4.78 is 0. The van der Waals surface area contributed by atoms with Gasteiger partial charge in [-0.2, -0.15) is 0 Å². The summed E-state index contributed by atoms with van der Waals surface area (Å²) in [5.41, 5.74) is 0. The third kappa shape index (κ3) is 6.31. The molecule has 0 spiro atoms. The molecule has 2 saturated carbocycles. The van der Waals surface area contributed by atoms with Crippen LogP contribution in [-0.2, 0) is 0 Å². The Balaban J connectivity index is 1.56. The molecule has 0 saturated heterocycles. The lowest BCUT2D eigenvalue weighted by Gasteiger charge is -2.27. The van der Waals surface area contributed by atoms with E-state index in [1.54, 1.807) is 0 Å². The van der Waals surface area contributed by atoms with Gasteiger partial charge >= 0.3 is 0 Å². The molecule has 0 heteroatoms. The molecule has 0 nitrogen and oxygen atoms in total. The van der Waals surface area contributed by atoms with Crippen molar-refractivity contribution in [2.75, 3.05) is 0 Å². The maximum absolute atomic E-state index is 2.51. The lowest BCUT2D eigenvalue weighted by molar-refractivity contribution is 0.270. The van der Waals surface area contributed by atoms with Crippen LogP contribution in [0.5, 0.6) is 0 Å². The number of hydrogen-bond acceptors (Lipinski definition) is 0. The molecule has 22 heavy (non-hydrogen) atoms. The van der Waals surface area contributed by atoms with Crippen LogP contribution in [0.25, 0.3) is 0 Å². The molecule has 2 rings (SSSR count). The van der Waals surface area contributed by atoms with Gasteiger partial charge in [0.15, 0.2) is 0 Å². The van der Waals surface area contributed by atoms with Gasteiger partial charge in [0, 0.05) is 0 Å². The Morgan fingerprint density at radius 2 is 1.14 bits per heavy atom. The molecule has 0 heterocycles. The fourth-order valence-electron chi connectivity index (χ4n) is 4.40. The third-order valence-electron chi connectivity index (χ3n) is 6.18. The minimum absolute atomic E-state index is 0.883. The van der Waals surface area contributed by atoms with Gasteiger partial charge < -0.3 is 0 Å². The molecule has 0 aromatic heterocycles. The van der Waals surface area contributed by atoms with Gasteiger partial charge in [0.05, 0.1) is 0 Å². The van der Waals surface area contributed by atoms with Crippen LogP contribution in [0, 0.1) is 23.7 Å². The van der Waals surface area contributed by atoms with Crippen LogP contribution in [0.4, 0.5) is 0 Å². The quantitative estimate of drug-likeness (QED) is 0.432. The van der Waals surface area contributed by atoms with Crippen molar-refractivity contribution in [2.45, 2.75) is 90.9 Å². The van der Waals surface area contributed by atoms with Gasteiger partial charge in [-0.1, -0.05) is 57.4 Å². The molecule has 0 aliphatic heterocycles. The van der Waals surface area contributed by atoms with Gasteiger partial charge in [-0.25, -0.2) is 0 Å². The van der Waals surface area contributed by atoms with Crippen LogP contribution >= 0.6 is 0 Å². The average Bonchev–Trinajstić information content (AvgIpc) is 2.58. The van der Waals surface area contributed by atoms with Crippen LogP contribution < -0.4 is 0 Å². The normalized spacial score (nSPS) is 33.7. The molecule has 0 N–H and O–H groups in total. The largest absolute Gasteiger partial charge is 0.0885 e. The minimum atomic E-state index is 0.883. The van der Waals surface area contributed by atoms with Crippen molar-refractivity contribution in [3.8, 4) is 0 Å². The first-order valence-corrected chi connectivity index (χ1v) is 10.1. The second kappa shape index (κ2) is 10.3. The van der Waals surface area contributed by atoms with Crippen molar-refractivity contribution >= 4 is 0 Å². The highest BCUT2D eigenvalue weighted by molar-refractivity contribution is 4.93. The Bertz CT molecular complexity index is 322. The van der Waals surface area contributed by atoms with Gasteiger partial charge in [0.1, 0.15) is 0 Å². The first-order valence-electron chi connectivity index (χ1n) is 10.1.